The fourth-order valence-electron chi connectivity index (χ4n) is 3.76. The van der Waals surface area contributed by atoms with Crippen LogP contribution in [0.3, 0.4) is 0 Å². The zero-order valence-electron chi connectivity index (χ0n) is 15.8. The maximum Gasteiger partial charge on any atom is 0.123 e. The molecule has 0 bridgehead atoms. The van der Waals surface area contributed by atoms with E-state index < -0.39 is 0 Å². The number of halogens is 1. The minimum atomic E-state index is -0.222. The van der Waals surface area contributed by atoms with Crippen LogP contribution in [0, 0.1) is 11.7 Å². The molecule has 26 heavy (non-hydrogen) atoms. The van der Waals surface area contributed by atoms with Gasteiger partial charge in [0.1, 0.15) is 5.82 Å². The Morgan fingerprint density at radius 1 is 1.15 bits per heavy atom. The summed E-state index contributed by atoms with van der Waals surface area (Å²) < 4.78 is 13.3. The van der Waals surface area contributed by atoms with Gasteiger partial charge < -0.3 is 10.2 Å². The Hall–Kier alpha value is -1.72. The molecule has 0 spiro atoms. The second-order valence-corrected chi connectivity index (χ2v) is 7.56. The fraction of sp³-hybridized carbons (Fsp3) is 0.571. The van der Waals surface area contributed by atoms with E-state index in [2.05, 4.69) is 27.5 Å². The van der Waals surface area contributed by atoms with Crippen LogP contribution in [0.5, 0.6) is 0 Å². The summed E-state index contributed by atoms with van der Waals surface area (Å²) in [5.41, 5.74) is 2.78. The van der Waals surface area contributed by atoms with Crippen molar-refractivity contribution >= 4 is 0 Å². The molecule has 0 amide bonds. The second-order valence-electron chi connectivity index (χ2n) is 7.56. The average molecular weight is 359 g/mol. The normalized spacial score (nSPS) is 15.7. The molecule has 1 aliphatic heterocycles. The molecular formula is C21H31FN4. The Morgan fingerprint density at radius 2 is 2.00 bits per heavy atom. The van der Waals surface area contributed by atoms with E-state index in [0.29, 0.717) is 0 Å². The zero-order valence-corrected chi connectivity index (χ0v) is 15.8. The summed E-state index contributed by atoms with van der Waals surface area (Å²) >= 11 is 0. The third kappa shape index (κ3) is 5.92. The molecule has 0 aliphatic carbocycles. The minimum absolute atomic E-state index is 0.222. The largest absolute Gasteiger partial charge is 0.317 e. The first-order chi connectivity index (χ1) is 12.7. The van der Waals surface area contributed by atoms with Gasteiger partial charge in [-0.15, -0.1) is 0 Å². The van der Waals surface area contributed by atoms with E-state index in [1.807, 2.05) is 12.1 Å². The number of aromatic nitrogens is 2. The molecule has 0 radical (unpaired) electrons. The molecule has 0 atom stereocenters. The van der Waals surface area contributed by atoms with Crippen molar-refractivity contribution < 1.29 is 4.39 Å². The minimum Gasteiger partial charge on any atom is -0.317 e. The number of hydrogen-bond acceptors (Lipinski definition) is 3. The maximum absolute atomic E-state index is 13.3. The van der Waals surface area contributed by atoms with Crippen LogP contribution in [0.25, 0.3) is 11.3 Å². The molecule has 1 aliphatic rings. The van der Waals surface area contributed by atoms with Crippen LogP contribution in [-0.2, 0) is 6.42 Å². The number of piperidine rings is 1. The number of rotatable bonds is 9. The quantitative estimate of drug-likeness (QED) is 0.669. The van der Waals surface area contributed by atoms with Crippen molar-refractivity contribution in [3.05, 3.63) is 41.8 Å². The van der Waals surface area contributed by atoms with E-state index in [-0.39, 0.29) is 5.82 Å². The van der Waals surface area contributed by atoms with Gasteiger partial charge in [0.05, 0.1) is 5.69 Å². The van der Waals surface area contributed by atoms with Crippen LogP contribution in [0.1, 0.15) is 37.8 Å². The van der Waals surface area contributed by atoms with Crippen LogP contribution < -0.4 is 5.32 Å². The van der Waals surface area contributed by atoms with Gasteiger partial charge in [0.25, 0.3) is 0 Å². The van der Waals surface area contributed by atoms with E-state index in [9.17, 15) is 4.39 Å². The van der Waals surface area contributed by atoms with Crippen molar-refractivity contribution in [3.8, 4) is 11.3 Å². The standard InChI is InChI=1S/C21H31FN4/c1-26(16-17-9-11-23-12-10-17)13-4-2-3-8-20-15-21(25-24-20)18-6-5-7-19(22)14-18/h5-7,14-15,17,23H,2-4,8-13,16H2,1H3,(H,24,25). The number of unbranched alkanes of at least 4 members (excludes halogenated alkanes) is 2. The van der Waals surface area contributed by atoms with Gasteiger partial charge in [-0.2, -0.15) is 5.10 Å². The summed E-state index contributed by atoms with van der Waals surface area (Å²) in [6, 6.07) is 8.63. The summed E-state index contributed by atoms with van der Waals surface area (Å²) in [5, 5.41) is 10.8. The van der Waals surface area contributed by atoms with Crippen molar-refractivity contribution in [3.63, 3.8) is 0 Å². The summed E-state index contributed by atoms with van der Waals surface area (Å²) in [7, 11) is 2.25. The van der Waals surface area contributed by atoms with Gasteiger partial charge in [-0.1, -0.05) is 18.6 Å². The number of nitrogens with zero attached hydrogens (tertiary/aromatic N) is 2. The topological polar surface area (TPSA) is 44.0 Å². The lowest BCUT2D eigenvalue weighted by Gasteiger charge is -2.27. The number of aryl methyl sites for hydroxylation is 1. The Balaban J connectivity index is 1.32. The number of benzene rings is 1. The highest BCUT2D eigenvalue weighted by Gasteiger charge is 2.14. The highest BCUT2D eigenvalue weighted by atomic mass is 19.1. The maximum atomic E-state index is 13.3. The van der Waals surface area contributed by atoms with Gasteiger partial charge in [-0.05, 0) is 82.9 Å². The Kier molecular flexibility index (Phi) is 7.21. The molecule has 0 saturated carbocycles. The fourth-order valence-corrected chi connectivity index (χ4v) is 3.76. The van der Waals surface area contributed by atoms with Crippen molar-refractivity contribution in [1.82, 2.24) is 20.4 Å². The zero-order chi connectivity index (χ0) is 18.2. The van der Waals surface area contributed by atoms with Crippen LogP contribution in [-0.4, -0.2) is 48.3 Å². The van der Waals surface area contributed by atoms with Crippen molar-refractivity contribution in [1.29, 1.82) is 0 Å². The lowest BCUT2D eigenvalue weighted by Crippen LogP contribution is -2.34. The van der Waals surface area contributed by atoms with E-state index >= 15 is 0 Å². The van der Waals surface area contributed by atoms with Crippen molar-refractivity contribution in [2.45, 2.75) is 38.5 Å². The van der Waals surface area contributed by atoms with Gasteiger partial charge >= 0.3 is 0 Å². The van der Waals surface area contributed by atoms with Gasteiger partial charge in [-0.25, -0.2) is 4.39 Å². The monoisotopic (exact) mass is 358 g/mol. The Bertz CT molecular complexity index is 664. The summed E-state index contributed by atoms with van der Waals surface area (Å²) in [5.74, 6) is 0.646. The van der Waals surface area contributed by atoms with Crippen LogP contribution in [0.2, 0.25) is 0 Å². The molecule has 1 saturated heterocycles. The van der Waals surface area contributed by atoms with E-state index in [0.717, 1.165) is 35.7 Å². The SMILES string of the molecule is CN(CCCCCc1cc(-c2cccc(F)c2)n[nH]1)CC1CCNCC1. The molecular weight excluding hydrogens is 327 g/mol. The highest BCUT2D eigenvalue weighted by molar-refractivity contribution is 5.59. The smallest absolute Gasteiger partial charge is 0.123 e. The first-order valence-electron chi connectivity index (χ1n) is 9.90. The summed E-state index contributed by atoms with van der Waals surface area (Å²) in [6.45, 7) is 4.78. The second kappa shape index (κ2) is 9.83. The Morgan fingerprint density at radius 3 is 2.81 bits per heavy atom. The molecule has 2 aromatic rings. The molecule has 2 N–H and O–H groups in total. The highest BCUT2D eigenvalue weighted by Crippen LogP contribution is 2.19. The Labute approximate surface area is 156 Å². The average Bonchev–Trinajstić information content (AvgIpc) is 3.11. The molecule has 1 fully saturated rings. The van der Waals surface area contributed by atoms with Gasteiger partial charge in [0, 0.05) is 17.8 Å². The molecule has 3 rings (SSSR count). The van der Waals surface area contributed by atoms with E-state index in [1.165, 1.54) is 64.0 Å². The van der Waals surface area contributed by atoms with Crippen molar-refractivity contribution in [2.24, 2.45) is 5.92 Å². The lowest BCUT2D eigenvalue weighted by molar-refractivity contribution is 0.236. The van der Waals surface area contributed by atoms with Crippen LogP contribution >= 0.6 is 0 Å². The van der Waals surface area contributed by atoms with Crippen LogP contribution in [0.15, 0.2) is 30.3 Å². The molecule has 1 aromatic carbocycles. The number of aromatic amines is 1. The molecule has 2 heterocycles. The molecule has 142 valence electrons. The number of hydrogen-bond donors (Lipinski definition) is 2. The first-order valence-corrected chi connectivity index (χ1v) is 9.90. The third-order valence-corrected chi connectivity index (χ3v) is 5.27. The number of H-pyrrole nitrogens is 1. The lowest BCUT2D eigenvalue weighted by atomic mass is 9.97. The van der Waals surface area contributed by atoms with E-state index in [4.69, 9.17) is 0 Å². The molecule has 1 aromatic heterocycles. The van der Waals surface area contributed by atoms with Gasteiger partial charge in [0.15, 0.2) is 0 Å². The van der Waals surface area contributed by atoms with Gasteiger partial charge in [0.2, 0.25) is 0 Å². The molecule has 0 unspecified atom stereocenters. The van der Waals surface area contributed by atoms with Crippen molar-refractivity contribution in [2.75, 3.05) is 33.2 Å². The summed E-state index contributed by atoms with van der Waals surface area (Å²) in [6.07, 6.45) is 7.26. The summed E-state index contributed by atoms with van der Waals surface area (Å²) in [4.78, 5) is 2.49. The van der Waals surface area contributed by atoms with E-state index in [1.54, 1.807) is 6.07 Å². The molecule has 5 heteroatoms. The predicted octanol–water partition coefficient (Wildman–Crippen LogP) is 3.86. The number of nitrogens with one attached hydrogen (secondary N) is 2. The first kappa shape index (κ1) is 19.1. The van der Waals surface area contributed by atoms with Crippen LogP contribution in [0.4, 0.5) is 4.39 Å². The van der Waals surface area contributed by atoms with Gasteiger partial charge in [-0.3, -0.25) is 5.10 Å². The third-order valence-electron chi connectivity index (χ3n) is 5.27. The molecule has 4 nitrogen and oxygen atoms in total. The predicted molar refractivity (Wildman–Crippen MR) is 105 cm³/mol.